The van der Waals surface area contributed by atoms with Crippen molar-refractivity contribution in [2.45, 2.75) is 19.4 Å². The van der Waals surface area contributed by atoms with Gasteiger partial charge in [-0.2, -0.15) is 0 Å². The normalized spacial score (nSPS) is 19.2. The van der Waals surface area contributed by atoms with Gasteiger partial charge in [0.05, 0.1) is 5.76 Å². The van der Waals surface area contributed by atoms with Gasteiger partial charge in [-0.15, -0.1) is 6.58 Å². The van der Waals surface area contributed by atoms with E-state index in [1.54, 1.807) is 0 Å². The largest absolute Gasteiger partial charge is 0.490 e. The van der Waals surface area contributed by atoms with E-state index >= 15 is 0 Å². The second-order valence-corrected chi connectivity index (χ2v) is 3.51. The highest BCUT2D eigenvalue weighted by atomic mass is 16.5. The molecule has 0 radical (unpaired) electrons. The second-order valence-electron chi connectivity index (χ2n) is 3.51. The molecule has 0 unspecified atom stereocenters. The highest BCUT2D eigenvalue weighted by Gasteiger charge is 2.18. The average molecular weight is 186 g/mol. The summed E-state index contributed by atoms with van der Waals surface area (Å²) in [5, 5.41) is 0. The molecule has 0 fully saturated rings. The zero-order chi connectivity index (χ0) is 9.97. The summed E-state index contributed by atoms with van der Waals surface area (Å²) in [6, 6.07) is 8.34. The van der Waals surface area contributed by atoms with Crippen molar-refractivity contribution in [2.24, 2.45) is 0 Å². The zero-order valence-electron chi connectivity index (χ0n) is 8.36. The van der Waals surface area contributed by atoms with Gasteiger partial charge in [-0.3, -0.25) is 0 Å². The van der Waals surface area contributed by atoms with Crippen LogP contribution < -0.4 is 0 Å². The van der Waals surface area contributed by atoms with Gasteiger partial charge in [0, 0.05) is 6.42 Å². The summed E-state index contributed by atoms with van der Waals surface area (Å²) in [5.74, 6) is 0.982. The van der Waals surface area contributed by atoms with E-state index in [-0.39, 0.29) is 6.10 Å². The van der Waals surface area contributed by atoms with Gasteiger partial charge in [-0.05, 0) is 24.1 Å². The van der Waals surface area contributed by atoms with E-state index in [1.807, 2.05) is 19.1 Å². The fraction of sp³-hybridized carbons (Fsp3) is 0.231. The van der Waals surface area contributed by atoms with Crippen molar-refractivity contribution < 1.29 is 4.74 Å². The Bertz CT molecular complexity index is 377. The highest BCUT2D eigenvalue weighted by molar-refractivity contribution is 5.57. The standard InChI is InChI=1S/C13H14O/c1-3-6-13-12-8-5-4-7-11(12)9-10(2)14-13/h3-5,7-9,13H,1,6H2,2H3/t13-/m0/s1. The van der Waals surface area contributed by atoms with Crippen molar-refractivity contribution in [3.05, 3.63) is 53.8 Å². The predicted molar refractivity (Wildman–Crippen MR) is 58.7 cm³/mol. The SMILES string of the molecule is C=CC[C@@H]1OC(C)=Cc2ccccc21. The second kappa shape index (κ2) is 3.70. The maximum Gasteiger partial charge on any atom is 0.127 e. The van der Waals surface area contributed by atoms with Crippen LogP contribution in [0.3, 0.4) is 0 Å². The molecule has 1 heteroatoms. The summed E-state index contributed by atoms with van der Waals surface area (Å²) in [5.41, 5.74) is 2.53. The Balaban J connectivity index is 2.42. The lowest BCUT2D eigenvalue weighted by molar-refractivity contribution is 0.119. The molecule has 0 N–H and O–H groups in total. The lowest BCUT2D eigenvalue weighted by Gasteiger charge is -2.24. The van der Waals surface area contributed by atoms with Gasteiger partial charge in [0.25, 0.3) is 0 Å². The lowest BCUT2D eigenvalue weighted by atomic mass is 9.97. The van der Waals surface area contributed by atoms with E-state index in [1.165, 1.54) is 11.1 Å². The molecule has 0 aromatic heterocycles. The van der Waals surface area contributed by atoms with E-state index in [0.29, 0.717) is 0 Å². The smallest absolute Gasteiger partial charge is 0.127 e. The molecular formula is C13H14O. The molecule has 1 atom stereocenters. The van der Waals surface area contributed by atoms with E-state index in [2.05, 4.69) is 30.9 Å². The Labute approximate surface area is 84.7 Å². The van der Waals surface area contributed by atoms with E-state index in [4.69, 9.17) is 4.74 Å². The number of allylic oxidation sites excluding steroid dienone is 1. The Morgan fingerprint density at radius 1 is 1.43 bits per heavy atom. The van der Waals surface area contributed by atoms with Crippen LogP contribution in [0.1, 0.15) is 30.6 Å². The van der Waals surface area contributed by atoms with Gasteiger partial charge >= 0.3 is 0 Å². The summed E-state index contributed by atoms with van der Waals surface area (Å²) in [6.45, 7) is 5.75. The minimum absolute atomic E-state index is 0.147. The molecule has 0 bridgehead atoms. The zero-order valence-corrected chi connectivity index (χ0v) is 8.36. The number of hydrogen-bond acceptors (Lipinski definition) is 1. The van der Waals surface area contributed by atoms with Crippen molar-refractivity contribution in [1.29, 1.82) is 0 Å². The molecule has 0 saturated heterocycles. The van der Waals surface area contributed by atoms with Crippen molar-refractivity contribution in [2.75, 3.05) is 0 Å². The van der Waals surface area contributed by atoms with Crippen LogP contribution in [-0.2, 0) is 4.74 Å². The fourth-order valence-corrected chi connectivity index (χ4v) is 1.80. The molecule has 1 aromatic rings. The average Bonchev–Trinajstić information content (AvgIpc) is 2.18. The topological polar surface area (TPSA) is 9.23 Å². The molecule has 0 aliphatic carbocycles. The maximum absolute atomic E-state index is 5.74. The van der Waals surface area contributed by atoms with Gasteiger partial charge in [-0.1, -0.05) is 30.3 Å². The molecule has 2 rings (SSSR count). The summed E-state index contributed by atoms with van der Waals surface area (Å²) < 4.78 is 5.74. The van der Waals surface area contributed by atoms with Crippen LogP contribution in [0.25, 0.3) is 6.08 Å². The Hall–Kier alpha value is -1.50. The van der Waals surface area contributed by atoms with Gasteiger partial charge in [0.2, 0.25) is 0 Å². The van der Waals surface area contributed by atoms with Gasteiger partial charge < -0.3 is 4.74 Å². The fourth-order valence-electron chi connectivity index (χ4n) is 1.80. The first kappa shape index (κ1) is 9.07. The Morgan fingerprint density at radius 3 is 3.00 bits per heavy atom. The van der Waals surface area contributed by atoms with E-state index in [9.17, 15) is 0 Å². The van der Waals surface area contributed by atoms with E-state index in [0.717, 1.165) is 12.2 Å². The monoisotopic (exact) mass is 186 g/mol. The maximum atomic E-state index is 5.74. The molecule has 1 heterocycles. The molecule has 0 saturated carbocycles. The van der Waals surface area contributed by atoms with Crippen LogP contribution in [0, 0.1) is 0 Å². The molecule has 1 aliphatic rings. The number of hydrogen-bond donors (Lipinski definition) is 0. The molecule has 0 amide bonds. The van der Waals surface area contributed by atoms with E-state index < -0.39 is 0 Å². The third-order valence-corrected chi connectivity index (χ3v) is 2.41. The molecular weight excluding hydrogens is 172 g/mol. The van der Waals surface area contributed by atoms with Crippen LogP contribution >= 0.6 is 0 Å². The summed E-state index contributed by atoms with van der Waals surface area (Å²) in [7, 11) is 0. The Kier molecular flexibility index (Phi) is 2.40. The van der Waals surface area contributed by atoms with Crippen LogP contribution in [0.15, 0.2) is 42.7 Å². The molecule has 1 aromatic carbocycles. The van der Waals surface area contributed by atoms with Gasteiger partial charge in [0.15, 0.2) is 0 Å². The highest BCUT2D eigenvalue weighted by Crippen LogP contribution is 2.32. The molecule has 1 nitrogen and oxygen atoms in total. The minimum atomic E-state index is 0.147. The lowest BCUT2D eigenvalue weighted by Crippen LogP contribution is -2.08. The van der Waals surface area contributed by atoms with Crippen LogP contribution in [0.2, 0.25) is 0 Å². The number of ether oxygens (including phenoxy) is 1. The quantitative estimate of drug-likeness (QED) is 0.640. The van der Waals surface area contributed by atoms with Gasteiger partial charge in [-0.25, -0.2) is 0 Å². The number of benzene rings is 1. The van der Waals surface area contributed by atoms with Crippen molar-refractivity contribution in [1.82, 2.24) is 0 Å². The summed E-state index contributed by atoms with van der Waals surface area (Å²) >= 11 is 0. The summed E-state index contributed by atoms with van der Waals surface area (Å²) in [4.78, 5) is 0. The van der Waals surface area contributed by atoms with Crippen molar-refractivity contribution in [3.63, 3.8) is 0 Å². The third kappa shape index (κ3) is 1.58. The number of rotatable bonds is 2. The molecule has 1 aliphatic heterocycles. The first-order chi connectivity index (χ1) is 6.81. The molecule has 14 heavy (non-hydrogen) atoms. The third-order valence-electron chi connectivity index (χ3n) is 2.41. The predicted octanol–water partition coefficient (Wildman–Crippen LogP) is 3.69. The van der Waals surface area contributed by atoms with Crippen LogP contribution in [-0.4, -0.2) is 0 Å². The molecule has 72 valence electrons. The summed E-state index contributed by atoms with van der Waals surface area (Å²) in [6.07, 6.45) is 4.99. The molecule has 0 spiro atoms. The van der Waals surface area contributed by atoms with Gasteiger partial charge in [0.1, 0.15) is 6.10 Å². The Morgan fingerprint density at radius 2 is 2.21 bits per heavy atom. The van der Waals surface area contributed by atoms with Crippen molar-refractivity contribution in [3.8, 4) is 0 Å². The first-order valence-electron chi connectivity index (χ1n) is 4.86. The number of fused-ring (bicyclic) bond motifs is 1. The first-order valence-corrected chi connectivity index (χ1v) is 4.86. The van der Waals surface area contributed by atoms with Crippen LogP contribution in [0.5, 0.6) is 0 Å². The van der Waals surface area contributed by atoms with Crippen LogP contribution in [0.4, 0.5) is 0 Å². The van der Waals surface area contributed by atoms with Crippen molar-refractivity contribution >= 4 is 6.08 Å². The minimum Gasteiger partial charge on any atom is -0.490 e.